The molecule has 0 spiro atoms. The molecule has 25 heavy (non-hydrogen) atoms. The summed E-state index contributed by atoms with van der Waals surface area (Å²) in [4.78, 5) is -0.276. The molecule has 1 saturated heterocycles. The van der Waals surface area contributed by atoms with Crippen molar-refractivity contribution in [1.82, 2.24) is 18.9 Å². The fourth-order valence-electron chi connectivity index (χ4n) is 3.30. The van der Waals surface area contributed by atoms with Crippen molar-refractivity contribution >= 4 is 15.7 Å². The van der Waals surface area contributed by atoms with Crippen molar-refractivity contribution in [3.8, 4) is 0 Å². The molecule has 3 heterocycles. The fraction of sp³-hybridized carbons (Fsp3) is 0.294. The quantitative estimate of drug-likeness (QED) is 0.719. The van der Waals surface area contributed by atoms with Crippen LogP contribution in [0.3, 0.4) is 0 Å². The largest absolute Gasteiger partial charge is 0.286 e. The number of rotatable bonds is 3. The lowest BCUT2D eigenvalue weighted by Gasteiger charge is -2.31. The molecule has 4 rings (SSSR count). The Bertz CT molecular complexity index is 1020. The van der Waals surface area contributed by atoms with Gasteiger partial charge >= 0.3 is 0 Å². The van der Waals surface area contributed by atoms with E-state index in [1.807, 2.05) is 28.8 Å². The number of benzene rings is 1. The summed E-state index contributed by atoms with van der Waals surface area (Å²) in [5, 5.41) is 8.38. The SMILES string of the molecule is O=S(=O)(c1ccccc1F)N1CCCC(c2nnc3ccccn23)C1. The van der Waals surface area contributed by atoms with Crippen LogP contribution in [0.4, 0.5) is 4.39 Å². The number of hydrogen-bond donors (Lipinski definition) is 0. The lowest BCUT2D eigenvalue weighted by molar-refractivity contribution is 0.307. The first-order valence-electron chi connectivity index (χ1n) is 8.12. The van der Waals surface area contributed by atoms with E-state index < -0.39 is 15.8 Å². The molecule has 1 unspecified atom stereocenters. The monoisotopic (exact) mass is 360 g/mol. The molecule has 1 aliphatic rings. The van der Waals surface area contributed by atoms with Crippen molar-refractivity contribution in [2.24, 2.45) is 0 Å². The second-order valence-electron chi connectivity index (χ2n) is 6.12. The molecule has 2 aromatic heterocycles. The van der Waals surface area contributed by atoms with Crippen LogP contribution >= 0.6 is 0 Å². The van der Waals surface area contributed by atoms with Gasteiger partial charge in [0.1, 0.15) is 16.5 Å². The van der Waals surface area contributed by atoms with E-state index in [4.69, 9.17) is 0 Å². The molecule has 0 N–H and O–H groups in total. The summed E-state index contributed by atoms with van der Waals surface area (Å²) in [6, 6.07) is 11.1. The van der Waals surface area contributed by atoms with Crippen molar-refractivity contribution in [2.75, 3.05) is 13.1 Å². The Hall–Kier alpha value is -2.32. The minimum atomic E-state index is -3.87. The summed E-state index contributed by atoms with van der Waals surface area (Å²) in [6.07, 6.45) is 3.38. The molecule has 3 aromatic rings. The maximum absolute atomic E-state index is 14.0. The van der Waals surface area contributed by atoms with Crippen molar-refractivity contribution < 1.29 is 12.8 Å². The van der Waals surface area contributed by atoms with Crippen LogP contribution in [0.1, 0.15) is 24.6 Å². The molecule has 130 valence electrons. The van der Waals surface area contributed by atoms with E-state index in [0.717, 1.165) is 17.9 Å². The third-order valence-corrected chi connectivity index (χ3v) is 6.44. The molecule has 0 radical (unpaired) electrons. The molecular weight excluding hydrogens is 343 g/mol. The summed E-state index contributed by atoms with van der Waals surface area (Å²) in [5.41, 5.74) is 0.728. The number of fused-ring (bicyclic) bond motifs is 1. The number of aromatic nitrogens is 3. The average Bonchev–Trinajstić information content (AvgIpc) is 3.06. The molecular formula is C17H17FN4O2S. The minimum absolute atomic E-state index is 0.0762. The second kappa shape index (κ2) is 6.20. The molecule has 1 aliphatic heterocycles. The normalized spacial score (nSPS) is 19.3. The minimum Gasteiger partial charge on any atom is -0.286 e. The Labute approximate surface area is 145 Å². The van der Waals surface area contributed by atoms with Crippen molar-refractivity contribution in [3.63, 3.8) is 0 Å². The molecule has 1 aromatic carbocycles. The van der Waals surface area contributed by atoms with E-state index in [9.17, 15) is 12.8 Å². The van der Waals surface area contributed by atoms with Crippen LogP contribution in [0.15, 0.2) is 53.6 Å². The van der Waals surface area contributed by atoms with E-state index in [2.05, 4.69) is 10.2 Å². The molecule has 0 aliphatic carbocycles. The van der Waals surface area contributed by atoms with Crippen LogP contribution in [0.25, 0.3) is 5.65 Å². The van der Waals surface area contributed by atoms with Crippen molar-refractivity contribution in [2.45, 2.75) is 23.7 Å². The number of halogens is 1. The van der Waals surface area contributed by atoms with E-state index in [1.54, 1.807) is 0 Å². The van der Waals surface area contributed by atoms with Gasteiger partial charge in [-0.25, -0.2) is 12.8 Å². The number of sulfonamides is 1. The fourth-order valence-corrected chi connectivity index (χ4v) is 4.89. The molecule has 1 fully saturated rings. The highest BCUT2D eigenvalue weighted by Crippen LogP contribution is 2.30. The van der Waals surface area contributed by atoms with Gasteiger partial charge in [-0.15, -0.1) is 10.2 Å². The van der Waals surface area contributed by atoms with Crippen LogP contribution < -0.4 is 0 Å². The summed E-state index contributed by atoms with van der Waals surface area (Å²) < 4.78 is 42.9. The molecule has 0 bridgehead atoms. The van der Waals surface area contributed by atoms with Gasteiger partial charge in [0.15, 0.2) is 5.65 Å². The number of piperidine rings is 1. The van der Waals surface area contributed by atoms with Crippen LogP contribution in [0, 0.1) is 5.82 Å². The second-order valence-corrected chi connectivity index (χ2v) is 8.03. The zero-order valence-electron chi connectivity index (χ0n) is 13.4. The number of nitrogens with zero attached hydrogens (tertiary/aromatic N) is 4. The third kappa shape index (κ3) is 2.81. The molecule has 0 amide bonds. The molecule has 1 atom stereocenters. The Kier molecular flexibility index (Phi) is 4.01. The van der Waals surface area contributed by atoms with Gasteiger partial charge < -0.3 is 0 Å². The Balaban J connectivity index is 1.66. The molecule has 8 heteroatoms. The van der Waals surface area contributed by atoms with Crippen LogP contribution in [0.2, 0.25) is 0 Å². The van der Waals surface area contributed by atoms with E-state index >= 15 is 0 Å². The van der Waals surface area contributed by atoms with Crippen molar-refractivity contribution in [3.05, 3.63) is 60.3 Å². The maximum Gasteiger partial charge on any atom is 0.246 e. The van der Waals surface area contributed by atoms with Gasteiger partial charge in [-0.05, 0) is 37.1 Å². The van der Waals surface area contributed by atoms with E-state index in [0.29, 0.717) is 13.0 Å². The van der Waals surface area contributed by atoms with Gasteiger partial charge in [-0.1, -0.05) is 18.2 Å². The highest BCUT2D eigenvalue weighted by atomic mass is 32.2. The summed E-state index contributed by atoms with van der Waals surface area (Å²) >= 11 is 0. The summed E-state index contributed by atoms with van der Waals surface area (Å²) in [5.74, 6) is -0.0608. The van der Waals surface area contributed by atoms with Gasteiger partial charge in [-0.3, -0.25) is 4.40 Å². The summed E-state index contributed by atoms with van der Waals surface area (Å²) in [6.45, 7) is 0.649. The number of hydrogen-bond acceptors (Lipinski definition) is 4. The standard InChI is InChI=1S/C17H17FN4O2S/c18-14-7-1-2-8-15(14)25(23,24)21-10-5-6-13(12-21)17-20-19-16-9-3-4-11-22(16)17/h1-4,7-9,11,13H,5-6,10,12H2. The van der Waals surface area contributed by atoms with Gasteiger partial charge in [-0.2, -0.15) is 4.31 Å². The zero-order chi connectivity index (χ0) is 17.4. The van der Waals surface area contributed by atoms with Gasteiger partial charge in [0.05, 0.1) is 0 Å². The van der Waals surface area contributed by atoms with Crippen LogP contribution in [-0.2, 0) is 10.0 Å². The lowest BCUT2D eigenvalue weighted by Crippen LogP contribution is -2.39. The Morgan fingerprint density at radius 1 is 1.08 bits per heavy atom. The van der Waals surface area contributed by atoms with E-state index in [-0.39, 0.29) is 17.4 Å². The van der Waals surface area contributed by atoms with Crippen LogP contribution in [-0.4, -0.2) is 40.4 Å². The van der Waals surface area contributed by atoms with Gasteiger partial charge in [0.2, 0.25) is 10.0 Å². The first-order valence-corrected chi connectivity index (χ1v) is 9.56. The van der Waals surface area contributed by atoms with Crippen LogP contribution in [0.5, 0.6) is 0 Å². The molecule has 6 nitrogen and oxygen atoms in total. The molecule has 0 saturated carbocycles. The first-order chi connectivity index (χ1) is 12.1. The third-order valence-electron chi connectivity index (χ3n) is 4.54. The predicted octanol–water partition coefficient (Wildman–Crippen LogP) is 2.44. The van der Waals surface area contributed by atoms with E-state index in [1.165, 1.54) is 28.6 Å². The maximum atomic E-state index is 14.0. The lowest BCUT2D eigenvalue weighted by atomic mass is 9.99. The number of pyridine rings is 1. The average molecular weight is 360 g/mol. The predicted molar refractivity (Wildman–Crippen MR) is 90.1 cm³/mol. The Morgan fingerprint density at radius 2 is 1.88 bits per heavy atom. The van der Waals surface area contributed by atoms with Crippen molar-refractivity contribution in [1.29, 1.82) is 0 Å². The zero-order valence-corrected chi connectivity index (χ0v) is 14.2. The van der Waals surface area contributed by atoms with Gasteiger partial charge in [0.25, 0.3) is 0 Å². The first kappa shape index (κ1) is 16.2. The topological polar surface area (TPSA) is 67.6 Å². The summed E-state index contributed by atoms with van der Waals surface area (Å²) in [7, 11) is -3.87. The smallest absolute Gasteiger partial charge is 0.246 e. The highest BCUT2D eigenvalue weighted by molar-refractivity contribution is 7.89. The Morgan fingerprint density at radius 3 is 2.72 bits per heavy atom. The highest BCUT2D eigenvalue weighted by Gasteiger charge is 2.34. The van der Waals surface area contributed by atoms with Gasteiger partial charge in [0, 0.05) is 25.2 Å².